The molecule has 0 amide bonds. The highest BCUT2D eigenvalue weighted by Gasteiger charge is 2.08. The Kier molecular flexibility index (Phi) is 5.16. The Morgan fingerprint density at radius 3 is 2.95 bits per heavy atom. The first-order valence-electron chi connectivity index (χ1n) is 5.87. The number of rotatable bonds is 2. The molecule has 0 radical (unpaired) electrons. The molecule has 2 nitrogen and oxygen atoms in total. The van der Waals surface area contributed by atoms with E-state index in [2.05, 4.69) is 26.2 Å². The van der Waals surface area contributed by atoms with E-state index in [4.69, 9.17) is 11.6 Å². The van der Waals surface area contributed by atoms with Crippen LogP contribution in [0.3, 0.4) is 0 Å². The highest BCUT2D eigenvalue weighted by atomic mass is 79.9. The maximum Gasteiger partial charge on any atom is 0.189 e. The summed E-state index contributed by atoms with van der Waals surface area (Å²) in [5, 5.41) is 3.30. The van der Waals surface area contributed by atoms with Crippen LogP contribution in [-0.4, -0.2) is 17.2 Å². The zero-order chi connectivity index (χ0) is 13.7. The lowest BCUT2D eigenvalue weighted by Gasteiger charge is -2.06. The predicted molar refractivity (Wildman–Crippen MR) is 82.2 cm³/mol. The fraction of sp³-hybridized carbons (Fsp3) is 0.214. The van der Waals surface area contributed by atoms with Gasteiger partial charge in [-0.3, -0.25) is 4.99 Å². The summed E-state index contributed by atoms with van der Waals surface area (Å²) >= 11 is 9.29. The van der Waals surface area contributed by atoms with Crippen molar-refractivity contribution in [1.82, 2.24) is 5.32 Å². The van der Waals surface area contributed by atoms with Crippen LogP contribution in [0.1, 0.15) is 0 Å². The van der Waals surface area contributed by atoms with Gasteiger partial charge in [-0.2, -0.15) is 4.39 Å². The molecule has 0 aromatic heterocycles. The Bertz CT molecular complexity index is 518. The topological polar surface area (TPSA) is 24.4 Å². The molecule has 2 rings (SSSR count). The number of alkyl halides is 1. The molecule has 1 aliphatic carbocycles. The number of nitrogens with one attached hydrogen (secondary N) is 1. The molecule has 1 N–H and O–H groups in total. The van der Waals surface area contributed by atoms with Crippen LogP contribution in [0.25, 0.3) is 0 Å². The summed E-state index contributed by atoms with van der Waals surface area (Å²) in [5.74, 6) is 0.211. The molecule has 1 aliphatic heterocycles. The smallest absolute Gasteiger partial charge is 0.189 e. The number of hydrogen-bond donors (Lipinski definition) is 1. The van der Waals surface area contributed by atoms with E-state index in [1.165, 1.54) is 6.08 Å². The van der Waals surface area contributed by atoms with E-state index in [0.29, 0.717) is 17.4 Å². The number of nitrogens with zero attached hydrogens (tertiary/aromatic N) is 1. The second kappa shape index (κ2) is 6.87. The Hall–Kier alpha value is -1.13. The SMILES string of the molecule is FC1=CC(Br)C=CC(=NCC2C=CC=CC(Cl)=C2)N1. The minimum atomic E-state index is -0.405. The molecule has 19 heavy (non-hydrogen) atoms. The Balaban J connectivity index is 2.04. The van der Waals surface area contributed by atoms with Gasteiger partial charge in [0.2, 0.25) is 0 Å². The third-order valence-electron chi connectivity index (χ3n) is 2.56. The van der Waals surface area contributed by atoms with E-state index in [0.717, 1.165) is 0 Å². The normalized spacial score (nSPS) is 28.5. The van der Waals surface area contributed by atoms with E-state index >= 15 is 0 Å². The standard InChI is InChI=1S/C14H13BrClFN2/c15-11-5-6-14(19-13(17)8-11)18-9-10-3-1-2-4-12(16)7-10/h1-8,10-11H,9H2,(H,18,19). The fourth-order valence-corrected chi connectivity index (χ4v) is 2.28. The molecular formula is C14H13BrClFN2. The van der Waals surface area contributed by atoms with Crippen LogP contribution in [0, 0.1) is 5.92 Å². The van der Waals surface area contributed by atoms with E-state index in [9.17, 15) is 4.39 Å². The average Bonchev–Trinajstić information content (AvgIpc) is 2.65. The molecule has 0 aromatic carbocycles. The lowest BCUT2D eigenvalue weighted by molar-refractivity contribution is 0.594. The van der Waals surface area contributed by atoms with E-state index < -0.39 is 5.95 Å². The summed E-state index contributed by atoms with van der Waals surface area (Å²) in [7, 11) is 0. The monoisotopic (exact) mass is 342 g/mol. The van der Waals surface area contributed by atoms with Crippen molar-refractivity contribution in [3.05, 3.63) is 59.6 Å². The van der Waals surface area contributed by atoms with Gasteiger partial charge in [-0.15, -0.1) is 0 Å². The molecule has 100 valence electrons. The summed E-state index contributed by atoms with van der Waals surface area (Å²) in [5.41, 5.74) is 0. The van der Waals surface area contributed by atoms with Gasteiger partial charge in [0.05, 0.1) is 11.4 Å². The van der Waals surface area contributed by atoms with Crippen LogP contribution in [0.5, 0.6) is 0 Å². The molecule has 2 atom stereocenters. The minimum Gasteiger partial charge on any atom is -0.317 e. The molecule has 0 saturated heterocycles. The third-order valence-corrected chi connectivity index (χ3v) is 3.38. The largest absolute Gasteiger partial charge is 0.317 e. The summed E-state index contributed by atoms with van der Waals surface area (Å²) in [6.07, 6.45) is 14.6. The molecule has 0 fully saturated rings. The van der Waals surface area contributed by atoms with Crippen LogP contribution in [0.2, 0.25) is 0 Å². The Labute approximate surface area is 125 Å². The first-order valence-corrected chi connectivity index (χ1v) is 7.16. The maximum atomic E-state index is 13.4. The van der Waals surface area contributed by atoms with Crippen molar-refractivity contribution in [3.8, 4) is 0 Å². The van der Waals surface area contributed by atoms with Crippen molar-refractivity contribution in [1.29, 1.82) is 0 Å². The molecule has 0 aromatic rings. The van der Waals surface area contributed by atoms with Gasteiger partial charge in [0.1, 0.15) is 5.84 Å². The van der Waals surface area contributed by atoms with Crippen LogP contribution in [0.4, 0.5) is 4.39 Å². The van der Waals surface area contributed by atoms with Gasteiger partial charge in [-0.05, 0) is 18.2 Å². The van der Waals surface area contributed by atoms with E-state index in [1.807, 2.05) is 36.5 Å². The summed E-state index contributed by atoms with van der Waals surface area (Å²) < 4.78 is 13.4. The first kappa shape index (κ1) is 14.3. The van der Waals surface area contributed by atoms with Crippen molar-refractivity contribution < 1.29 is 4.39 Å². The molecular weight excluding hydrogens is 331 g/mol. The molecule has 0 saturated carbocycles. The third kappa shape index (κ3) is 4.80. The fourth-order valence-electron chi connectivity index (χ4n) is 1.66. The lowest BCUT2D eigenvalue weighted by Crippen LogP contribution is -2.19. The van der Waals surface area contributed by atoms with Gasteiger partial charge < -0.3 is 5.32 Å². The van der Waals surface area contributed by atoms with Gasteiger partial charge in [-0.25, -0.2) is 0 Å². The highest BCUT2D eigenvalue weighted by molar-refractivity contribution is 9.09. The second-order valence-electron chi connectivity index (χ2n) is 4.13. The summed E-state index contributed by atoms with van der Waals surface area (Å²) in [6, 6.07) is 0. The van der Waals surface area contributed by atoms with Crippen molar-refractivity contribution >= 4 is 33.4 Å². The second-order valence-corrected chi connectivity index (χ2v) is 5.62. The zero-order valence-corrected chi connectivity index (χ0v) is 12.4. The van der Waals surface area contributed by atoms with E-state index in [1.54, 1.807) is 6.08 Å². The van der Waals surface area contributed by atoms with Gasteiger partial charge in [0, 0.05) is 11.0 Å². The van der Waals surface area contributed by atoms with Gasteiger partial charge >= 0.3 is 0 Å². The van der Waals surface area contributed by atoms with Crippen LogP contribution in [-0.2, 0) is 0 Å². The number of amidine groups is 1. The van der Waals surface area contributed by atoms with Crippen molar-refractivity contribution in [3.63, 3.8) is 0 Å². The molecule has 0 spiro atoms. The quantitative estimate of drug-likeness (QED) is 0.595. The van der Waals surface area contributed by atoms with Gasteiger partial charge in [-0.1, -0.05) is 57.9 Å². The lowest BCUT2D eigenvalue weighted by atomic mass is 10.1. The average molecular weight is 344 g/mol. The maximum absolute atomic E-state index is 13.4. The van der Waals surface area contributed by atoms with Gasteiger partial charge in [0.25, 0.3) is 0 Å². The first-order chi connectivity index (χ1) is 9.13. The minimum absolute atomic E-state index is 0.111. The Morgan fingerprint density at radius 1 is 1.26 bits per heavy atom. The summed E-state index contributed by atoms with van der Waals surface area (Å²) in [4.78, 5) is 4.24. The Morgan fingerprint density at radius 2 is 2.11 bits per heavy atom. The van der Waals surface area contributed by atoms with Crippen LogP contribution >= 0.6 is 27.5 Å². The van der Waals surface area contributed by atoms with E-state index in [-0.39, 0.29) is 10.7 Å². The predicted octanol–water partition coefficient (Wildman–Crippen LogP) is 3.98. The van der Waals surface area contributed by atoms with Crippen LogP contribution in [0.15, 0.2) is 64.6 Å². The zero-order valence-electron chi connectivity index (χ0n) is 10.1. The molecule has 2 unspecified atom stereocenters. The van der Waals surface area contributed by atoms with Crippen LogP contribution < -0.4 is 5.32 Å². The molecule has 0 bridgehead atoms. The van der Waals surface area contributed by atoms with Crippen molar-refractivity contribution in [2.75, 3.05) is 6.54 Å². The molecule has 5 heteroatoms. The van der Waals surface area contributed by atoms with Gasteiger partial charge in [0.15, 0.2) is 5.95 Å². The van der Waals surface area contributed by atoms with Crippen molar-refractivity contribution in [2.24, 2.45) is 10.9 Å². The number of halogens is 3. The molecule has 2 aliphatic rings. The number of hydrogen-bond acceptors (Lipinski definition) is 1. The molecule has 1 heterocycles. The number of aliphatic imine (C=N–C) groups is 1. The summed E-state index contributed by atoms with van der Waals surface area (Å²) in [6.45, 7) is 0.515. The highest BCUT2D eigenvalue weighted by Crippen LogP contribution is 2.15. The number of allylic oxidation sites excluding steroid dienone is 6. The van der Waals surface area contributed by atoms with Crippen molar-refractivity contribution in [2.45, 2.75) is 4.83 Å².